The van der Waals surface area contributed by atoms with E-state index in [1.165, 1.54) is 38.5 Å². The fourth-order valence-corrected chi connectivity index (χ4v) is 8.52. The average Bonchev–Trinajstić information content (AvgIpc) is 3.07. The van der Waals surface area contributed by atoms with Crippen LogP contribution in [0.4, 0.5) is 0 Å². The summed E-state index contributed by atoms with van der Waals surface area (Å²) in [6.45, 7) is 15.8. The van der Waals surface area contributed by atoms with Crippen molar-refractivity contribution in [2.75, 3.05) is 0 Å². The van der Waals surface area contributed by atoms with E-state index in [0.29, 0.717) is 5.41 Å². The summed E-state index contributed by atoms with van der Waals surface area (Å²) < 4.78 is 0. The van der Waals surface area contributed by atoms with Crippen LogP contribution in [0.25, 0.3) is 0 Å². The molecule has 0 aromatic heterocycles. The molecule has 7 atom stereocenters. The van der Waals surface area contributed by atoms with Crippen LogP contribution in [0.5, 0.6) is 0 Å². The minimum Gasteiger partial charge on any atom is -0.0683 e. The molecule has 4 aliphatic rings. The zero-order valence-electron chi connectivity index (χ0n) is 20.8. The molecular weight excluding hydrogens is 336 g/mol. The molecule has 7 unspecified atom stereocenters. The number of fused-ring (bicyclic) bond motifs is 5. The smallest absolute Gasteiger partial charge is 0.0266 e. The van der Waals surface area contributed by atoms with Gasteiger partial charge in [-0.1, -0.05) is 80.6 Å². The Bertz CT molecular complexity index is 439. The highest BCUT2D eigenvalue weighted by atomic mass is 14.6. The lowest BCUT2D eigenvalue weighted by Crippen LogP contribution is -2.52. The van der Waals surface area contributed by atoms with E-state index in [4.69, 9.17) is 0 Å². The van der Waals surface area contributed by atoms with E-state index in [9.17, 15) is 0 Å². The van der Waals surface area contributed by atoms with Crippen LogP contribution in [-0.4, -0.2) is 0 Å². The number of unbranched alkanes of at least 4 members (excludes halogenated alkanes) is 2. The maximum atomic E-state index is 2.73. The van der Waals surface area contributed by atoms with Crippen molar-refractivity contribution in [3.8, 4) is 0 Å². The van der Waals surface area contributed by atoms with Crippen LogP contribution in [0.3, 0.4) is 0 Å². The molecule has 0 aromatic rings. The van der Waals surface area contributed by atoms with Crippen LogP contribution < -0.4 is 0 Å². The van der Waals surface area contributed by atoms with Gasteiger partial charge >= 0.3 is 0 Å². The predicted molar refractivity (Wildman–Crippen MR) is 127 cm³/mol. The first-order chi connectivity index (χ1) is 13.6. The molecule has 166 valence electrons. The van der Waals surface area contributed by atoms with Crippen molar-refractivity contribution >= 4 is 0 Å². The molecule has 28 heavy (non-hydrogen) atoms. The molecule has 0 radical (unpaired) electrons. The predicted octanol–water partition coefficient (Wildman–Crippen LogP) is 9.67. The normalized spacial score (nSPS) is 44.0. The SMILES string of the molecule is CC.CC.CCCCCC1CCC2C3CCC4CCCCC4(C)C3CCC12C. The molecule has 0 amide bonds. The van der Waals surface area contributed by atoms with Crippen LogP contribution in [0.1, 0.15) is 138 Å². The Morgan fingerprint density at radius 2 is 1.39 bits per heavy atom. The van der Waals surface area contributed by atoms with E-state index < -0.39 is 0 Å². The molecule has 0 heteroatoms. The zero-order valence-corrected chi connectivity index (χ0v) is 20.8. The molecule has 4 aliphatic carbocycles. The molecule has 0 saturated heterocycles. The van der Waals surface area contributed by atoms with Crippen molar-refractivity contribution < 1.29 is 0 Å². The Balaban J connectivity index is 0.000000660. The van der Waals surface area contributed by atoms with Gasteiger partial charge in [-0.2, -0.15) is 0 Å². The molecule has 0 aliphatic heterocycles. The maximum absolute atomic E-state index is 2.73. The summed E-state index contributed by atoms with van der Waals surface area (Å²) in [5.74, 6) is 5.41. The number of rotatable bonds is 4. The Labute approximate surface area is 179 Å². The van der Waals surface area contributed by atoms with Gasteiger partial charge in [-0.25, -0.2) is 0 Å². The Morgan fingerprint density at radius 1 is 0.679 bits per heavy atom. The molecule has 4 fully saturated rings. The van der Waals surface area contributed by atoms with Crippen molar-refractivity contribution in [2.24, 2.45) is 40.4 Å². The fraction of sp³-hybridized carbons (Fsp3) is 1.00. The third-order valence-corrected chi connectivity index (χ3v) is 9.94. The van der Waals surface area contributed by atoms with E-state index in [-0.39, 0.29) is 0 Å². The molecule has 0 spiro atoms. The highest BCUT2D eigenvalue weighted by molar-refractivity contribution is 5.08. The van der Waals surface area contributed by atoms with Gasteiger partial charge in [0.15, 0.2) is 0 Å². The lowest BCUT2D eigenvalue weighted by atomic mass is 9.45. The van der Waals surface area contributed by atoms with Gasteiger partial charge in [0.1, 0.15) is 0 Å². The van der Waals surface area contributed by atoms with E-state index in [0.717, 1.165) is 35.0 Å². The number of hydrogen-bond donors (Lipinski definition) is 0. The summed E-state index contributed by atoms with van der Waals surface area (Å²) in [6.07, 6.45) is 21.5. The molecule has 4 saturated carbocycles. The lowest BCUT2D eigenvalue weighted by molar-refractivity contribution is -0.111. The van der Waals surface area contributed by atoms with Crippen molar-refractivity contribution in [2.45, 2.75) is 138 Å². The highest BCUT2D eigenvalue weighted by Crippen LogP contribution is 2.67. The largest absolute Gasteiger partial charge is 0.0683 e. The molecule has 0 aromatic carbocycles. The molecule has 4 rings (SSSR count). The van der Waals surface area contributed by atoms with Crippen molar-refractivity contribution in [1.82, 2.24) is 0 Å². The van der Waals surface area contributed by atoms with Gasteiger partial charge in [-0.3, -0.25) is 0 Å². The van der Waals surface area contributed by atoms with Crippen molar-refractivity contribution in [1.29, 1.82) is 0 Å². The molecule has 0 N–H and O–H groups in total. The first-order valence-electron chi connectivity index (χ1n) is 13.6. The van der Waals surface area contributed by atoms with E-state index in [1.807, 2.05) is 27.7 Å². The second kappa shape index (κ2) is 10.9. The highest BCUT2D eigenvalue weighted by Gasteiger charge is 2.59. The van der Waals surface area contributed by atoms with Gasteiger partial charge in [0.2, 0.25) is 0 Å². The van der Waals surface area contributed by atoms with Crippen molar-refractivity contribution in [3.63, 3.8) is 0 Å². The Morgan fingerprint density at radius 3 is 2.11 bits per heavy atom. The first-order valence-corrected chi connectivity index (χ1v) is 13.6. The molecular formula is C28H54. The van der Waals surface area contributed by atoms with Crippen LogP contribution in [0, 0.1) is 40.4 Å². The topological polar surface area (TPSA) is 0 Å². The maximum Gasteiger partial charge on any atom is -0.0266 e. The molecule has 0 nitrogen and oxygen atoms in total. The third-order valence-electron chi connectivity index (χ3n) is 9.94. The summed E-state index contributed by atoms with van der Waals surface area (Å²) >= 11 is 0. The van der Waals surface area contributed by atoms with Gasteiger partial charge in [0.05, 0.1) is 0 Å². The number of hydrogen-bond acceptors (Lipinski definition) is 0. The summed E-state index contributed by atoms with van der Waals surface area (Å²) in [4.78, 5) is 0. The van der Waals surface area contributed by atoms with Crippen molar-refractivity contribution in [3.05, 3.63) is 0 Å². The lowest BCUT2D eigenvalue weighted by Gasteiger charge is -2.60. The summed E-state index contributed by atoms with van der Waals surface area (Å²) in [5, 5.41) is 0. The van der Waals surface area contributed by atoms with Crippen LogP contribution in [0.15, 0.2) is 0 Å². The Hall–Kier alpha value is 0. The van der Waals surface area contributed by atoms with E-state index in [2.05, 4.69) is 20.8 Å². The minimum atomic E-state index is 0.715. The Kier molecular flexibility index (Phi) is 9.41. The van der Waals surface area contributed by atoms with Gasteiger partial charge < -0.3 is 0 Å². The second-order valence-electron chi connectivity index (χ2n) is 10.7. The molecule has 0 heterocycles. The third kappa shape index (κ3) is 4.37. The second-order valence-corrected chi connectivity index (χ2v) is 10.7. The monoisotopic (exact) mass is 390 g/mol. The fourth-order valence-electron chi connectivity index (χ4n) is 8.52. The average molecular weight is 391 g/mol. The summed E-state index contributed by atoms with van der Waals surface area (Å²) in [7, 11) is 0. The van der Waals surface area contributed by atoms with Gasteiger partial charge in [-0.05, 0) is 98.2 Å². The van der Waals surface area contributed by atoms with Gasteiger partial charge in [-0.15, -0.1) is 0 Å². The first kappa shape index (κ1) is 24.3. The van der Waals surface area contributed by atoms with Crippen LogP contribution >= 0.6 is 0 Å². The quantitative estimate of drug-likeness (QED) is 0.419. The minimum absolute atomic E-state index is 0.715. The molecule has 0 bridgehead atoms. The van der Waals surface area contributed by atoms with E-state index in [1.54, 1.807) is 51.4 Å². The zero-order chi connectivity index (χ0) is 20.8. The van der Waals surface area contributed by atoms with Crippen LogP contribution in [-0.2, 0) is 0 Å². The van der Waals surface area contributed by atoms with E-state index >= 15 is 0 Å². The standard InChI is InChI=1S/C24H42.2C2H6/c1-4-5-6-9-19-12-14-21-20-13-11-18-10-7-8-16-23(18,2)22(20)15-17-24(19,21)3;2*1-2/h18-22H,4-17H2,1-3H3;2*1-2H3. The van der Waals surface area contributed by atoms with Crippen LogP contribution in [0.2, 0.25) is 0 Å². The summed E-state index contributed by atoms with van der Waals surface area (Å²) in [6, 6.07) is 0. The van der Waals surface area contributed by atoms with Gasteiger partial charge in [0.25, 0.3) is 0 Å². The van der Waals surface area contributed by atoms with Gasteiger partial charge in [0, 0.05) is 0 Å². The summed E-state index contributed by atoms with van der Waals surface area (Å²) in [5.41, 5.74) is 1.44.